The monoisotopic (exact) mass is 346 g/mol. The third-order valence-corrected chi connectivity index (χ3v) is 4.17. The quantitative estimate of drug-likeness (QED) is 0.500. The molecule has 1 atom stereocenters. The van der Waals surface area contributed by atoms with Crippen LogP contribution in [0.3, 0.4) is 0 Å². The maximum Gasteiger partial charge on any atom is 0.475 e. The van der Waals surface area contributed by atoms with E-state index in [2.05, 4.69) is 5.32 Å². The van der Waals surface area contributed by atoms with Crippen LogP contribution in [0.1, 0.15) is 5.56 Å². The normalized spacial score (nSPS) is 15.8. The van der Waals surface area contributed by atoms with E-state index in [0.717, 1.165) is 5.39 Å². The maximum atomic E-state index is 12.2. The molecule has 3 rings (SSSR count). The zero-order valence-corrected chi connectivity index (χ0v) is 13.6. The summed E-state index contributed by atoms with van der Waals surface area (Å²) < 4.78 is 10.6. The molecule has 0 spiro atoms. The molecule has 132 valence electrons. The van der Waals surface area contributed by atoms with Crippen molar-refractivity contribution in [2.24, 2.45) is 0 Å². The summed E-state index contributed by atoms with van der Waals surface area (Å²) in [5.41, 5.74) is 1.38. The van der Waals surface area contributed by atoms with Crippen LogP contribution in [0.15, 0.2) is 34.9 Å². The number of hydrogen-bond donors (Lipinski definition) is 3. The molecule has 9 heteroatoms. The second-order valence-electron chi connectivity index (χ2n) is 5.86. The lowest BCUT2D eigenvalue weighted by Gasteiger charge is -2.27. The van der Waals surface area contributed by atoms with Crippen molar-refractivity contribution in [3.05, 3.63) is 36.1 Å². The van der Waals surface area contributed by atoms with Gasteiger partial charge in [0.1, 0.15) is 5.58 Å². The van der Waals surface area contributed by atoms with Crippen LogP contribution >= 0.6 is 0 Å². The molecule has 0 radical (unpaired) electrons. The molecule has 0 saturated carbocycles. The number of carbonyl (C=O) groups is 2. The van der Waals surface area contributed by atoms with Crippen molar-refractivity contribution >= 4 is 29.9 Å². The van der Waals surface area contributed by atoms with E-state index in [9.17, 15) is 19.6 Å². The van der Waals surface area contributed by atoms with E-state index in [1.165, 1.54) is 11.2 Å². The number of hydrogen-bond acceptors (Lipinski definition) is 6. The van der Waals surface area contributed by atoms with Gasteiger partial charge >= 0.3 is 18.9 Å². The molecular weight excluding hydrogens is 327 g/mol. The molecule has 1 aromatic heterocycles. The molecule has 2 aromatic rings. The minimum Gasteiger partial charge on any atom is -0.464 e. The van der Waals surface area contributed by atoms with Crippen molar-refractivity contribution in [3.63, 3.8) is 0 Å². The summed E-state index contributed by atoms with van der Waals surface area (Å²) in [5.74, 6) is -2.60. The summed E-state index contributed by atoms with van der Waals surface area (Å²) in [5, 5.41) is 22.4. The molecule has 2 amide bonds. The highest BCUT2D eigenvalue weighted by molar-refractivity contribution is 6.45. The zero-order chi connectivity index (χ0) is 17.8. The number of morpholine rings is 1. The van der Waals surface area contributed by atoms with Crippen LogP contribution in [-0.2, 0) is 20.7 Å². The molecule has 2 heterocycles. The minimum atomic E-state index is -1.81. The zero-order valence-electron chi connectivity index (χ0n) is 13.6. The number of amides is 2. The molecule has 1 saturated heterocycles. The molecule has 25 heavy (non-hydrogen) atoms. The average Bonchev–Trinajstić information content (AvgIpc) is 3.04. The van der Waals surface area contributed by atoms with Crippen LogP contribution in [0.5, 0.6) is 0 Å². The van der Waals surface area contributed by atoms with Gasteiger partial charge in [0.2, 0.25) is 0 Å². The fourth-order valence-electron chi connectivity index (χ4n) is 2.80. The Morgan fingerprint density at radius 1 is 1.24 bits per heavy atom. The number of carbonyl (C=O) groups excluding carboxylic acids is 2. The highest BCUT2D eigenvalue weighted by Crippen LogP contribution is 2.22. The van der Waals surface area contributed by atoms with Gasteiger partial charge in [0.15, 0.2) is 0 Å². The Balaban J connectivity index is 1.68. The van der Waals surface area contributed by atoms with Crippen LogP contribution in [0.4, 0.5) is 0 Å². The average molecular weight is 346 g/mol. The summed E-state index contributed by atoms with van der Waals surface area (Å²) in [6.45, 7) is 1.44. The molecular formula is C16H19BN2O6. The number of ether oxygens (including phenoxy) is 1. The molecule has 0 bridgehead atoms. The number of para-hydroxylation sites is 1. The molecule has 0 aliphatic carbocycles. The fourth-order valence-corrected chi connectivity index (χ4v) is 2.80. The van der Waals surface area contributed by atoms with E-state index in [1.54, 1.807) is 6.07 Å². The van der Waals surface area contributed by atoms with E-state index >= 15 is 0 Å². The van der Waals surface area contributed by atoms with Crippen molar-refractivity contribution in [2.75, 3.05) is 26.3 Å². The molecule has 3 N–H and O–H groups in total. The largest absolute Gasteiger partial charge is 0.475 e. The first-order valence-electron chi connectivity index (χ1n) is 8.05. The first-order valence-corrected chi connectivity index (χ1v) is 8.05. The van der Waals surface area contributed by atoms with Crippen LogP contribution in [0.25, 0.3) is 11.0 Å². The maximum absolute atomic E-state index is 12.2. The Hall–Kier alpha value is -2.36. The Bertz CT molecular complexity index is 756. The fraction of sp³-hybridized carbons (Fsp3) is 0.375. The van der Waals surface area contributed by atoms with Gasteiger partial charge in [0.05, 0.1) is 25.4 Å². The Labute approximate surface area is 144 Å². The summed E-state index contributed by atoms with van der Waals surface area (Å²) in [4.78, 5) is 25.7. The number of fused-ring (bicyclic) bond motifs is 1. The first-order chi connectivity index (χ1) is 12.1. The summed E-state index contributed by atoms with van der Waals surface area (Å²) in [7, 11) is -1.81. The van der Waals surface area contributed by atoms with Gasteiger partial charge in [-0.25, -0.2) is 0 Å². The number of nitrogens with one attached hydrogen (secondary N) is 1. The van der Waals surface area contributed by atoms with Gasteiger partial charge in [-0.1, -0.05) is 18.2 Å². The third-order valence-electron chi connectivity index (χ3n) is 4.17. The number of furan rings is 1. The molecule has 0 unspecified atom stereocenters. The molecule has 1 aromatic carbocycles. The van der Waals surface area contributed by atoms with Gasteiger partial charge in [-0.05, 0) is 18.1 Å². The predicted molar refractivity (Wildman–Crippen MR) is 89.4 cm³/mol. The second kappa shape index (κ2) is 7.69. The van der Waals surface area contributed by atoms with Crippen LogP contribution < -0.4 is 5.32 Å². The predicted octanol–water partition coefficient (Wildman–Crippen LogP) is -0.669. The van der Waals surface area contributed by atoms with Crippen LogP contribution in [-0.4, -0.2) is 66.1 Å². The number of nitrogens with zero attached hydrogens (tertiary/aromatic N) is 1. The third kappa shape index (κ3) is 4.01. The van der Waals surface area contributed by atoms with Crippen LogP contribution in [0.2, 0.25) is 0 Å². The molecule has 8 nitrogen and oxygen atoms in total. The summed E-state index contributed by atoms with van der Waals surface area (Å²) in [6.07, 6.45) is 1.63. The molecule has 1 fully saturated rings. The van der Waals surface area contributed by atoms with Gasteiger partial charge in [-0.15, -0.1) is 0 Å². The number of rotatable bonds is 4. The van der Waals surface area contributed by atoms with Crippen molar-refractivity contribution in [3.8, 4) is 0 Å². The topological polar surface area (TPSA) is 112 Å². The van der Waals surface area contributed by atoms with Gasteiger partial charge < -0.3 is 29.4 Å². The van der Waals surface area contributed by atoms with E-state index in [1.807, 2.05) is 18.2 Å². The van der Waals surface area contributed by atoms with Crippen molar-refractivity contribution in [1.29, 1.82) is 0 Å². The van der Waals surface area contributed by atoms with Gasteiger partial charge in [-0.3, -0.25) is 9.59 Å². The minimum absolute atomic E-state index is 0.122. The van der Waals surface area contributed by atoms with E-state index in [4.69, 9.17) is 9.15 Å². The number of benzene rings is 1. The van der Waals surface area contributed by atoms with E-state index in [-0.39, 0.29) is 6.42 Å². The SMILES string of the molecule is O=C(N[C@@H](Cc1coc2ccccc12)B(O)O)C(=O)N1CCOCC1. The smallest absolute Gasteiger partial charge is 0.464 e. The molecule has 1 aliphatic rings. The van der Waals surface area contributed by atoms with Gasteiger partial charge in [0.25, 0.3) is 0 Å². The first kappa shape index (κ1) is 17.5. The summed E-state index contributed by atoms with van der Waals surface area (Å²) in [6, 6.07) is 7.31. The molecule has 1 aliphatic heterocycles. The van der Waals surface area contributed by atoms with Gasteiger partial charge in [-0.2, -0.15) is 0 Å². The van der Waals surface area contributed by atoms with Crippen molar-refractivity contribution in [1.82, 2.24) is 10.2 Å². The lowest BCUT2D eigenvalue weighted by atomic mass is 9.76. The van der Waals surface area contributed by atoms with E-state index in [0.29, 0.717) is 37.4 Å². The Morgan fingerprint density at radius 2 is 1.96 bits per heavy atom. The van der Waals surface area contributed by atoms with Crippen molar-refractivity contribution in [2.45, 2.75) is 12.4 Å². The summed E-state index contributed by atoms with van der Waals surface area (Å²) >= 11 is 0. The van der Waals surface area contributed by atoms with Crippen LogP contribution in [0, 0.1) is 0 Å². The highest BCUT2D eigenvalue weighted by atomic mass is 16.5. The van der Waals surface area contributed by atoms with Gasteiger partial charge in [0, 0.05) is 18.5 Å². The lowest BCUT2D eigenvalue weighted by Crippen LogP contribution is -2.54. The standard InChI is InChI=1S/C16H19BN2O6/c20-15(16(21)19-5-7-24-8-6-19)18-14(17(22)23)9-11-10-25-13-4-2-1-3-12(11)13/h1-4,10,14,22-23H,5-9H2,(H,18,20)/t14-/m0/s1. The van der Waals surface area contributed by atoms with Crippen molar-refractivity contribution < 1.29 is 28.8 Å². The Morgan fingerprint density at radius 3 is 2.68 bits per heavy atom. The Kier molecular flexibility index (Phi) is 5.37. The lowest BCUT2D eigenvalue weighted by molar-refractivity contribution is -0.148. The second-order valence-corrected chi connectivity index (χ2v) is 5.86. The van der Waals surface area contributed by atoms with E-state index < -0.39 is 24.9 Å². The highest BCUT2D eigenvalue weighted by Gasteiger charge is 2.31.